The summed E-state index contributed by atoms with van der Waals surface area (Å²) in [7, 11) is 3.25. The second kappa shape index (κ2) is 7.48. The van der Waals surface area contributed by atoms with Crippen molar-refractivity contribution in [1.82, 2.24) is 19.8 Å². The minimum absolute atomic E-state index is 0.659. The van der Waals surface area contributed by atoms with E-state index in [9.17, 15) is 0 Å². The predicted octanol–water partition coefficient (Wildman–Crippen LogP) is 4.34. The molecule has 2 aromatic carbocycles. The fraction of sp³-hybridized carbons (Fsp3) is 0.318. The topological polar surface area (TPSA) is 61.5 Å². The number of aryl methyl sites for hydroxylation is 2. The van der Waals surface area contributed by atoms with Gasteiger partial charge in [0.05, 0.1) is 14.2 Å². The molecule has 1 aliphatic carbocycles. The molecule has 0 fully saturated rings. The molecule has 29 heavy (non-hydrogen) atoms. The van der Waals surface area contributed by atoms with Crippen LogP contribution in [0.2, 0.25) is 0 Å². The zero-order chi connectivity index (χ0) is 19.8. The van der Waals surface area contributed by atoms with Crippen molar-refractivity contribution in [2.24, 2.45) is 0 Å². The molecule has 1 aliphatic rings. The van der Waals surface area contributed by atoms with Gasteiger partial charge in [-0.2, -0.15) is 9.61 Å². The Labute approximate surface area is 173 Å². The van der Waals surface area contributed by atoms with Gasteiger partial charge < -0.3 is 9.47 Å². The molecule has 0 saturated carbocycles. The average Bonchev–Trinajstić information content (AvgIpc) is 3.33. The lowest BCUT2D eigenvalue weighted by Gasteiger charge is -2.16. The number of ether oxygens (including phenoxy) is 2. The summed E-state index contributed by atoms with van der Waals surface area (Å²) in [5.41, 5.74) is 5.21. The van der Waals surface area contributed by atoms with Crippen LogP contribution in [0.4, 0.5) is 0 Å². The van der Waals surface area contributed by atoms with Gasteiger partial charge in [-0.05, 0) is 60.6 Å². The van der Waals surface area contributed by atoms with Crippen LogP contribution in [-0.2, 0) is 19.3 Å². The van der Waals surface area contributed by atoms with Crippen LogP contribution in [-0.4, -0.2) is 34.0 Å². The summed E-state index contributed by atoms with van der Waals surface area (Å²) in [5.74, 6) is 2.04. The molecule has 5 rings (SSSR count). The molecule has 2 heterocycles. The zero-order valence-electron chi connectivity index (χ0n) is 16.5. The predicted molar refractivity (Wildman–Crippen MR) is 113 cm³/mol. The molecule has 0 amide bonds. The number of hydrogen-bond acceptors (Lipinski definition) is 6. The van der Waals surface area contributed by atoms with Crippen LogP contribution in [0.1, 0.15) is 34.5 Å². The molecule has 0 saturated heterocycles. The summed E-state index contributed by atoms with van der Waals surface area (Å²) in [5, 5.41) is 14.5. The first-order valence-corrected chi connectivity index (χ1v) is 10.6. The van der Waals surface area contributed by atoms with Crippen LogP contribution in [0.15, 0.2) is 36.4 Å². The summed E-state index contributed by atoms with van der Waals surface area (Å²) < 4.78 is 12.6. The van der Waals surface area contributed by atoms with E-state index < -0.39 is 0 Å². The molecule has 0 atom stereocenters. The third kappa shape index (κ3) is 3.35. The van der Waals surface area contributed by atoms with Crippen LogP contribution >= 0.6 is 11.3 Å². The van der Waals surface area contributed by atoms with Gasteiger partial charge >= 0.3 is 0 Å². The van der Waals surface area contributed by atoms with E-state index in [0.717, 1.165) is 22.0 Å². The average molecular weight is 407 g/mol. The number of fused-ring (bicyclic) bond motifs is 2. The van der Waals surface area contributed by atoms with Crippen LogP contribution in [0, 0.1) is 0 Å². The second-order valence-corrected chi connectivity index (χ2v) is 8.31. The SMILES string of the molecule is COc1ccc(-c2nnc3sc(Cc4ccc5c(c4)CCCC5)nn23)cc1OC. The quantitative estimate of drug-likeness (QED) is 0.493. The largest absolute Gasteiger partial charge is 0.493 e. The van der Waals surface area contributed by atoms with E-state index in [-0.39, 0.29) is 0 Å². The highest BCUT2D eigenvalue weighted by atomic mass is 32.1. The molecule has 0 unspecified atom stereocenters. The van der Waals surface area contributed by atoms with Crippen molar-refractivity contribution in [3.05, 3.63) is 58.1 Å². The molecule has 0 aliphatic heterocycles. The Hall–Kier alpha value is -2.93. The van der Waals surface area contributed by atoms with Gasteiger partial charge in [0.2, 0.25) is 4.96 Å². The van der Waals surface area contributed by atoms with Crippen molar-refractivity contribution in [3.8, 4) is 22.9 Å². The lowest BCUT2D eigenvalue weighted by molar-refractivity contribution is 0.355. The maximum absolute atomic E-state index is 5.42. The molecule has 4 aromatic rings. The van der Waals surface area contributed by atoms with Gasteiger partial charge in [0.15, 0.2) is 17.3 Å². The van der Waals surface area contributed by atoms with E-state index in [1.165, 1.54) is 42.4 Å². The highest BCUT2D eigenvalue weighted by molar-refractivity contribution is 7.16. The van der Waals surface area contributed by atoms with Crippen molar-refractivity contribution in [1.29, 1.82) is 0 Å². The lowest BCUT2D eigenvalue weighted by atomic mass is 9.90. The van der Waals surface area contributed by atoms with Crippen molar-refractivity contribution < 1.29 is 9.47 Å². The van der Waals surface area contributed by atoms with E-state index in [2.05, 4.69) is 28.4 Å². The van der Waals surface area contributed by atoms with E-state index in [4.69, 9.17) is 14.6 Å². The molecular formula is C22H22N4O2S. The highest BCUT2D eigenvalue weighted by Gasteiger charge is 2.16. The van der Waals surface area contributed by atoms with Gasteiger partial charge in [0.25, 0.3) is 0 Å². The van der Waals surface area contributed by atoms with Crippen LogP contribution in [0.25, 0.3) is 16.3 Å². The lowest BCUT2D eigenvalue weighted by Crippen LogP contribution is -2.03. The maximum atomic E-state index is 5.42. The molecule has 7 heteroatoms. The maximum Gasteiger partial charge on any atom is 0.234 e. The molecule has 148 valence electrons. The van der Waals surface area contributed by atoms with Gasteiger partial charge in [0, 0.05) is 12.0 Å². The molecular weight excluding hydrogens is 384 g/mol. The van der Waals surface area contributed by atoms with Gasteiger partial charge in [-0.15, -0.1) is 10.2 Å². The first-order chi connectivity index (χ1) is 14.2. The fourth-order valence-corrected chi connectivity index (χ4v) is 4.82. The van der Waals surface area contributed by atoms with Crippen molar-refractivity contribution in [2.75, 3.05) is 14.2 Å². The molecule has 0 spiro atoms. The fourth-order valence-electron chi connectivity index (χ4n) is 3.95. The number of methoxy groups -OCH3 is 2. The van der Waals surface area contributed by atoms with E-state index in [1.54, 1.807) is 25.6 Å². The van der Waals surface area contributed by atoms with Gasteiger partial charge in [0.1, 0.15) is 5.01 Å². The second-order valence-electron chi connectivity index (χ2n) is 7.27. The smallest absolute Gasteiger partial charge is 0.234 e. The Morgan fingerprint density at radius 1 is 0.931 bits per heavy atom. The molecule has 0 N–H and O–H groups in total. The monoisotopic (exact) mass is 406 g/mol. The van der Waals surface area contributed by atoms with E-state index >= 15 is 0 Å². The number of nitrogens with zero attached hydrogens (tertiary/aromatic N) is 4. The Balaban J connectivity index is 1.46. The molecule has 6 nitrogen and oxygen atoms in total. The first-order valence-electron chi connectivity index (χ1n) is 9.79. The normalized spacial score (nSPS) is 13.4. The third-order valence-corrected chi connectivity index (χ3v) is 6.34. The van der Waals surface area contributed by atoms with Gasteiger partial charge in [-0.3, -0.25) is 0 Å². The van der Waals surface area contributed by atoms with Crippen LogP contribution in [0.5, 0.6) is 11.5 Å². The van der Waals surface area contributed by atoms with Crippen molar-refractivity contribution in [3.63, 3.8) is 0 Å². The molecule has 2 aromatic heterocycles. The number of rotatable bonds is 5. The Bertz CT molecular complexity index is 1180. The van der Waals surface area contributed by atoms with Crippen molar-refractivity contribution >= 4 is 16.3 Å². The Kier molecular flexibility index (Phi) is 4.67. The minimum Gasteiger partial charge on any atom is -0.493 e. The van der Waals surface area contributed by atoms with Crippen LogP contribution < -0.4 is 9.47 Å². The summed E-state index contributed by atoms with van der Waals surface area (Å²) >= 11 is 1.58. The molecule has 0 bridgehead atoms. The Morgan fingerprint density at radius 2 is 1.76 bits per heavy atom. The number of benzene rings is 2. The van der Waals surface area contributed by atoms with Crippen molar-refractivity contribution in [2.45, 2.75) is 32.1 Å². The summed E-state index contributed by atoms with van der Waals surface area (Å²) in [6, 6.07) is 12.6. The Morgan fingerprint density at radius 3 is 2.59 bits per heavy atom. The number of aromatic nitrogens is 4. The number of hydrogen-bond donors (Lipinski definition) is 0. The van der Waals surface area contributed by atoms with E-state index in [0.29, 0.717) is 17.3 Å². The minimum atomic E-state index is 0.659. The summed E-state index contributed by atoms with van der Waals surface area (Å²) in [6.45, 7) is 0. The van der Waals surface area contributed by atoms with Gasteiger partial charge in [-0.1, -0.05) is 29.5 Å². The first kappa shape index (κ1) is 18.1. The summed E-state index contributed by atoms with van der Waals surface area (Å²) in [6.07, 6.45) is 5.81. The molecule has 0 radical (unpaired) electrons. The van der Waals surface area contributed by atoms with E-state index in [1.807, 2.05) is 22.7 Å². The highest BCUT2D eigenvalue weighted by Crippen LogP contribution is 2.32. The summed E-state index contributed by atoms with van der Waals surface area (Å²) in [4.78, 5) is 0.794. The zero-order valence-corrected chi connectivity index (χ0v) is 17.3. The third-order valence-electron chi connectivity index (χ3n) is 5.44. The van der Waals surface area contributed by atoms with Crippen LogP contribution in [0.3, 0.4) is 0 Å². The standard InChI is InChI=1S/C22H22N4O2S/c1-27-18-10-9-17(13-19(18)28-2)21-23-24-22-26(21)25-20(29-22)12-14-7-8-15-5-3-4-6-16(15)11-14/h7-11,13H,3-6,12H2,1-2H3. The van der Waals surface area contributed by atoms with Gasteiger partial charge in [-0.25, -0.2) is 0 Å².